The Morgan fingerprint density at radius 3 is 2.42 bits per heavy atom. The Morgan fingerprint density at radius 2 is 1.74 bits per heavy atom. The molecule has 0 spiro atoms. The zero-order valence-electron chi connectivity index (χ0n) is 21.9. The Bertz CT molecular complexity index is 1610. The second-order valence-corrected chi connectivity index (χ2v) is 10.4. The maximum Gasteiger partial charge on any atom is 0.261 e. The smallest absolute Gasteiger partial charge is 0.261 e. The second kappa shape index (κ2) is 9.26. The largest absolute Gasteiger partial charge is 0.342 e. The molecule has 38 heavy (non-hydrogen) atoms. The number of pyridine rings is 1. The van der Waals surface area contributed by atoms with Crippen LogP contribution in [0.15, 0.2) is 48.5 Å². The van der Waals surface area contributed by atoms with Gasteiger partial charge in [0.05, 0.1) is 33.9 Å². The number of carbonyl (C=O) groups is 2. The van der Waals surface area contributed by atoms with Crippen LogP contribution in [0.3, 0.4) is 0 Å². The minimum Gasteiger partial charge on any atom is -0.342 e. The highest BCUT2D eigenvalue weighted by Crippen LogP contribution is 2.37. The van der Waals surface area contributed by atoms with Crippen LogP contribution in [-0.4, -0.2) is 64.3 Å². The van der Waals surface area contributed by atoms with E-state index in [1.807, 2.05) is 25.1 Å². The van der Waals surface area contributed by atoms with Gasteiger partial charge in [0.25, 0.3) is 11.8 Å². The Kier molecular flexibility index (Phi) is 5.88. The van der Waals surface area contributed by atoms with Crippen LogP contribution in [0.25, 0.3) is 16.7 Å². The summed E-state index contributed by atoms with van der Waals surface area (Å²) in [6, 6.07) is 17.4. The van der Waals surface area contributed by atoms with Crippen molar-refractivity contribution in [2.24, 2.45) is 0 Å². The molecule has 0 aliphatic carbocycles. The highest BCUT2D eigenvalue weighted by molar-refractivity contribution is 6.21. The molecule has 8 heteroatoms. The minimum absolute atomic E-state index is 0.224. The van der Waals surface area contributed by atoms with E-state index >= 15 is 0 Å². The molecule has 6 rings (SSSR count). The van der Waals surface area contributed by atoms with Crippen molar-refractivity contribution in [2.45, 2.75) is 38.8 Å². The predicted octanol–water partition coefficient (Wildman–Crippen LogP) is 4.38. The van der Waals surface area contributed by atoms with Crippen LogP contribution >= 0.6 is 0 Å². The average Bonchev–Trinajstić information content (AvgIpc) is 3.61. The van der Waals surface area contributed by atoms with Crippen LogP contribution in [-0.2, 0) is 6.42 Å². The van der Waals surface area contributed by atoms with Gasteiger partial charge in [-0.1, -0.05) is 24.3 Å². The van der Waals surface area contributed by atoms with Crippen molar-refractivity contribution in [2.75, 3.05) is 32.1 Å². The number of hydrogen-bond acceptors (Lipinski definition) is 6. The van der Waals surface area contributed by atoms with Crippen molar-refractivity contribution in [3.05, 3.63) is 76.3 Å². The molecule has 0 radical (unpaired) electrons. The van der Waals surface area contributed by atoms with Gasteiger partial charge in [0.1, 0.15) is 11.9 Å². The van der Waals surface area contributed by atoms with Crippen LogP contribution in [0, 0.1) is 18.3 Å². The van der Waals surface area contributed by atoms with Crippen molar-refractivity contribution in [1.29, 1.82) is 5.26 Å². The Hall–Kier alpha value is -4.22. The Balaban J connectivity index is 1.44. The minimum atomic E-state index is -0.233. The molecule has 2 aliphatic heterocycles. The molecule has 4 heterocycles. The highest BCUT2D eigenvalue weighted by atomic mass is 16.2. The number of nitrogens with zero attached hydrogens (tertiary/aromatic N) is 6. The van der Waals surface area contributed by atoms with E-state index in [1.165, 1.54) is 4.90 Å². The molecule has 1 unspecified atom stereocenters. The number of imide groups is 1. The number of nitriles is 1. The average molecular weight is 507 g/mol. The third-order valence-corrected chi connectivity index (χ3v) is 7.98. The Labute approximate surface area is 221 Å². The number of anilines is 1. The van der Waals surface area contributed by atoms with Gasteiger partial charge in [-0.25, -0.2) is 4.98 Å². The molecular formula is C30H30N6O2. The van der Waals surface area contributed by atoms with Gasteiger partial charge < -0.3 is 4.90 Å². The number of imidazole rings is 1. The zero-order chi connectivity index (χ0) is 26.6. The number of hydrogen-bond donors (Lipinski definition) is 0. The van der Waals surface area contributed by atoms with Gasteiger partial charge in [-0.05, 0) is 82.1 Å². The summed E-state index contributed by atoms with van der Waals surface area (Å²) in [5.41, 5.74) is 6.00. The van der Waals surface area contributed by atoms with E-state index in [-0.39, 0.29) is 18.0 Å². The molecule has 1 fully saturated rings. The summed E-state index contributed by atoms with van der Waals surface area (Å²) in [5, 5.41) is 10.2. The van der Waals surface area contributed by atoms with Crippen LogP contribution in [0.2, 0.25) is 0 Å². The first kappa shape index (κ1) is 24.1. The molecule has 0 bridgehead atoms. The van der Waals surface area contributed by atoms with Gasteiger partial charge in [0.2, 0.25) is 0 Å². The summed E-state index contributed by atoms with van der Waals surface area (Å²) in [5.74, 6) is 0.593. The van der Waals surface area contributed by atoms with Gasteiger partial charge in [-0.3, -0.25) is 23.8 Å². The van der Waals surface area contributed by atoms with E-state index in [0.29, 0.717) is 41.7 Å². The lowest BCUT2D eigenvalue weighted by Gasteiger charge is -2.34. The van der Waals surface area contributed by atoms with Gasteiger partial charge in [-0.2, -0.15) is 5.26 Å². The first-order chi connectivity index (χ1) is 18.4. The van der Waals surface area contributed by atoms with Crippen LogP contribution in [0.5, 0.6) is 0 Å². The molecular weight excluding hydrogens is 476 g/mol. The molecule has 0 saturated carbocycles. The first-order valence-electron chi connectivity index (χ1n) is 13.1. The van der Waals surface area contributed by atoms with Gasteiger partial charge in [0.15, 0.2) is 5.65 Å². The Morgan fingerprint density at radius 1 is 1.05 bits per heavy atom. The summed E-state index contributed by atoms with van der Waals surface area (Å²) >= 11 is 0. The lowest BCUT2D eigenvalue weighted by atomic mass is 9.99. The predicted molar refractivity (Wildman–Crippen MR) is 146 cm³/mol. The molecule has 1 atom stereocenters. The molecule has 2 aromatic heterocycles. The molecule has 1 saturated heterocycles. The fourth-order valence-electron chi connectivity index (χ4n) is 6.15. The normalized spacial score (nSPS) is 17.3. The number of amides is 2. The lowest BCUT2D eigenvalue weighted by Crippen LogP contribution is -2.42. The maximum absolute atomic E-state index is 12.9. The molecule has 2 amide bonds. The van der Waals surface area contributed by atoms with E-state index in [0.717, 1.165) is 47.4 Å². The lowest BCUT2D eigenvalue weighted by molar-refractivity contribution is 0.0652. The number of carbonyl (C=O) groups excluding carboxylic acids is 2. The molecule has 2 aromatic carbocycles. The van der Waals surface area contributed by atoms with Crippen molar-refractivity contribution in [3.63, 3.8) is 0 Å². The topological polar surface area (TPSA) is 85.0 Å². The van der Waals surface area contributed by atoms with E-state index in [9.17, 15) is 14.9 Å². The molecule has 192 valence electrons. The van der Waals surface area contributed by atoms with Crippen molar-refractivity contribution < 1.29 is 9.59 Å². The number of benzene rings is 2. The monoisotopic (exact) mass is 506 g/mol. The number of rotatable bonds is 6. The van der Waals surface area contributed by atoms with Crippen LogP contribution in [0.4, 0.5) is 5.82 Å². The van der Waals surface area contributed by atoms with E-state index < -0.39 is 0 Å². The number of fused-ring (bicyclic) bond motifs is 4. The van der Waals surface area contributed by atoms with Gasteiger partial charge in [-0.15, -0.1) is 0 Å². The quantitative estimate of drug-likeness (QED) is 0.361. The SMILES string of the molecule is Cc1c(CCCN2C(=O)c3ccccc3C2=O)c(N2CCCC2N(C)C)n2c(nc3ccccc32)c1C#N. The summed E-state index contributed by atoms with van der Waals surface area (Å²) < 4.78 is 2.15. The zero-order valence-corrected chi connectivity index (χ0v) is 21.9. The fraction of sp³-hybridized carbons (Fsp3) is 0.333. The standard InChI is InChI=1S/C30H30N6O2/c1-19-20(12-8-17-35-29(37)21-10-4-5-11-22(21)30(35)38)28(34-16-9-15-26(34)33(2)3)36-25-14-7-6-13-24(25)32-27(36)23(19)18-31/h4-7,10-11,13-14,26H,8-9,12,15-17H2,1-3H3. The molecule has 4 aromatic rings. The summed E-state index contributed by atoms with van der Waals surface area (Å²) in [4.78, 5) is 36.8. The van der Waals surface area contributed by atoms with Gasteiger partial charge >= 0.3 is 0 Å². The number of para-hydroxylation sites is 2. The fourth-order valence-corrected chi connectivity index (χ4v) is 6.15. The third-order valence-electron chi connectivity index (χ3n) is 7.98. The van der Waals surface area contributed by atoms with Crippen molar-refractivity contribution in [3.8, 4) is 6.07 Å². The second-order valence-electron chi connectivity index (χ2n) is 10.4. The van der Waals surface area contributed by atoms with Crippen LogP contribution in [0.1, 0.15) is 56.7 Å². The summed E-state index contributed by atoms with van der Waals surface area (Å²) in [7, 11) is 4.20. The highest BCUT2D eigenvalue weighted by Gasteiger charge is 2.35. The van der Waals surface area contributed by atoms with E-state index in [4.69, 9.17) is 4.98 Å². The van der Waals surface area contributed by atoms with Crippen molar-refractivity contribution >= 4 is 34.3 Å². The molecule has 8 nitrogen and oxygen atoms in total. The summed E-state index contributed by atoms with van der Waals surface area (Å²) in [6.45, 7) is 3.23. The van der Waals surface area contributed by atoms with E-state index in [2.05, 4.69) is 40.4 Å². The maximum atomic E-state index is 12.9. The van der Waals surface area contributed by atoms with E-state index in [1.54, 1.807) is 24.3 Å². The van der Waals surface area contributed by atoms with Crippen LogP contribution < -0.4 is 4.90 Å². The molecule has 0 N–H and O–H groups in total. The first-order valence-corrected chi connectivity index (χ1v) is 13.1. The third kappa shape index (κ3) is 3.57. The van der Waals surface area contributed by atoms with Crippen molar-refractivity contribution in [1.82, 2.24) is 19.2 Å². The number of aromatic nitrogens is 2. The molecule has 2 aliphatic rings. The summed E-state index contributed by atoms with van der Waals surface area (Å²) in [6.07, 6.45) is 3.58. The van der Waals surface area contributed by atoms with Gasteiger partial charge in [0, 0.05) is 13.1 Å².